The molecule has 2 N–H and O–H groups in total. The van der Waals surface area contributed by atoms with E-state index in [9.17, 15) is 9.59 Å². The van der Waals surface area contributed by atoms with Crippen LogP contribution in [-0.4, -0.2) is 16.8 Å². The standard InChI is InChI=1S/C20H19N3O2S/c1-14(24)23-17-6-4-15(5-7-17)12-20(25)22-13-16-8-9-21-18(11-16)19-3-2-10-26-19/h2-11H,12-13H2,1H3,(H,22,25)(H,23,24). The Morgan fingerprint density at radius 2 is 1.88 bits per heavy atom. The first kappa shape index (κ1) is 17.8. The Morgan fingerprint density at radius 1 is 1.08 bits per heavy atom. The van der Waals surface area contributed by atoms with Crippen molar-refractivity contribution in [3.8, 4) is 10.6 Å². The Labute approximate surface area is 156 Å². The molecule has 0 radical (unpaired) electrons. The van der Waals surface area contributed by atoms with Gasteiger partial charge in [-0.3, -0.25) is 14.6 Å². The van der Waals surface area contributed by atoms with Gasteiger partial charge in [-0.25, -0.2) is 0 Å². The van der Waals surface area contributed by atoms with Crippen molar-refractivity contribution < 1.29 is 9.59 Å². The number of nitrogens with zero attached hydrogens (tertiary/aromatic N) is 1. The van der Waals surface area contributed by atoms with Crippen LogP contribution in [0.2, 0.25) is 0 Å². The Bertz CT molecular complexity index is 890. The summed E-state index contributed by atoms with van der Waals surface area (Å²) in [7, 11) is 0. The first-order valence-electron chi connectivity index (χ1n) is 8.22. The van der Waals surface area contributed by atoms with Crippen molar-refractivity contribution in [2.75, 3.05) is 5.32 Å². The summed E-state index contributed by atoms with van der Waals surface area (Å²) in [6.07, 6.45) is 2.06. The fourth-order valence-corrected chi connectivity index (χ4v) is 3.19. The van der Waals surface area contributed by atoms with Gasteiger partial charge < -0.3 is 10.6 Å². The van der Waals surface area contributed by atoms with Crippen molar-refractivity contribution in [1.29, 1.82) is 0 Å². The topological polar surface area (TPSA) is 71.1 Å². The van der Waals surface area contributed by atoms with Gasteiger partial charge in [0.2, 0.25) is 11.8 Å². The van der Waals surface area contributed by atoms with Crippen molar-refractivity contribution in [3.63, 3.8) is 0 Å². The maximum absolute atomic E-state index is 12.2. The quantitative estimate of drug-likeness (QED) is 0.701. The molecule has 3 rings (SSSR count). The molecule has 0 fully saturated rings. The minimum atomic E-state index is -0.116. The molecule has 3 aromatic rings. The Hall–Kier alpha value is -2.99. The monoisotopic (exact) mass is 365 g/mol. The molecule has 26 heavy (non-hydrogen) atoms. The summed E-state index contributed by atoms with van der Waals surface area (Å²) in [5.41, 5.74) is 3.54. The predicted octanol–water partition coefficient (Wildman–Crippen LogP) is 3.63. The number of thiophene rings is 1. The average molecular weight is 365 g/mol. The van der Waals surface area contributed by atoms with E-state index in [1.807, 2.05) is 41.8 Å². The molecule has 0 aliphatic carbocycles. The van der Waals surface area contributed by atoms with Crippen LogP contribution >= 0.6 is 11.3 Å². The molecule has 0 aliphatic rings. The largest absolute Gasteiger partial charge is 0.352 e. The number of hydrogen-bond acceptors (Lipinski definition) is 4. The molecule has 0 atom stereocenters. The Balaban J connectivity index is 1.54. The second-order valence-electron chi connectivity index (χ2n) is 5.86. The lowest BCUT2D eigenvalue weighted by atomic mass is 10.1. The molecule has 2 heterocycles. The summed E-state index contributed by atoms with van der Waals surface area (Å²) in [5.74, 6) is -0.165. The second-order valence-corrected chi connectivity index (χ2v) is 6.81. The van der Waals surface area contributed by atoms with Gasteiger partial charge in [0.05, 0.1) is 17.0 Å². The number of rotatable bonds is 6. The summed E-state index contributed by atoms with van der Waals surface area (Å²) in [6.45, 7) is 1.92. The molecule has 0 saturated carbocycles. The van der Waals surface area contributed by atoms with Gasteiger partial charge in [0.25, 0.3) is 0 Å². The summed E-state index contributed by atoms with van der Waals surface area (Å²) < 4.78 is 0. The van der Waals surface area contributed by atoms with E-state index in [1.165, 1.54) is 6.92 Å². The highest BCUT2D eigenvalue weighted by atomic mass is 32.1. The smallest absolute Gasteiger partial charge is 0.224 e. The van der Waals surface area contributed by atoms with Gasteiger partial charge >= 0.3 is 0 Å². The zero-order valence-electron chi connectivity index (χ0n) is 14.4. The third kappa shape index (κ3) is 5.00. The highest BCUT2D eigenvalue weighted by Gasteiger charge is 2.06. The van der Waals surface area contributed by atoms with Crippen molar-refractivity contribution in [1.82, 2.24) is 10.3 Å². The molecule has 6 heteroatoms. The minimum absolute atomic E-state index is 0.0493. The van der Waals surface area contributed by atoms with Gasteiger partial charge in [-0.15, -0.1) is 11.3 Å². The molecular weight excluding hydrogens is 346 g/mol. The van der Waals surface area contributed by atoms with Crippen LogP contribution < -0.4 is 10.6 Å². The van der Waals surface area contributed by atoms with Crippen LogP contribution in [0.3, 0.4) is 0 Å². The molecule has 0 aliphatic heterocycles. The number of hydrogen-bond donors (Lipinski definition) is 2. The maximum Gasteiger partial charge on any atom is 0.224 e. The summed E-state index contributed by atoms with van der Waals surface area (Å²) >= 11 is 1.64. The van der Waals surface area contributed by atoms with E-state index in [0.29, 0.717) is 13.0 Å². The normalized spacial score (nSPS) is 10.3. The molecule has 0 spiro atoms. The molecule has 0 bridgehead atoms. The Kier molecular flexibility index (Phi) is 5.76. The van der Waals surface area contributed by atoms with Crippen molar-refractivity contribution in [2.45, 2.75) is 19.9 Å². The number of aromatic nitrogens is 1. The maximum atomic E-state index is 12.2. The van der Waals surface area contributed by atoms with Crippen molar-refractivity contribution >= 4 is 28.8 Å². The van der Waals surface area contributed by atoms with Crippen molar-refractivity contribution in [3.05, 3.63) is 71.2 Å². The lowest BCUT2D eigenvalue weighted by Crippen LogP contribution is -2.24. The lowest BCUT2D eigenvalue weighted by molar-refractivity contribution is -0.120. The molecule has 0 saturated heterocycles. The number of carbonyl (C=O) groups is 2. The Morgan fingerprint density at radius 3 is 2.58 bits per heavy atom. The molecule has 0 unspecified atom stereocenters. The fraction of sp³-hybridized carbons (Fsp3) is 0.150. The van der Waals surface area contributed by atoms with E-state index in [0.717, 1.165) is 27.4 Å². The molecule has 5 nitrogen and oxygen atoms in total. The fourth-order valence-electron chi connectivity index (χ4n) is 2.50. The zero-order valence-corrected chi connectivity index (χ0v) is 15.2. The van der Waals surface area contributed by atoms with Crippen LogP contribution in [0.1, 0.15) is 18.1 Å². The molecule has 2 amide bonds. The molecule has 1 aromatic carbocycles. The zero-order chi connectivity index (χ0) is 18.4. The number of amides is 2. The third-order valence-corrected chi connectivity index (χ3v) is 4.62. The molecule has 2 aromatic heterocycles. The van der Waals surface area contributed by atoms with Crippen LogP contribution in [0, 0.1) is 0 Å². The number of pyridine rings is 1. The lowest BCUT2D eigenvalue weighted by Gasteiger charge is -2.07. The SMILES string of the molecule is CC(=O)Nc1ccc(CC(=O)NCc2ccnc(-c3cccs3)c2)cc1. The van der Waals surface area contributed by atoms with Crippen LogP contribution in [0.4, 0.5) is 5.69 Å². The van der Waals surface area contributed by atoms with Crippen LogP contribution in [-0.2, 0) is 22.6 Å². The second kappa shape index (κ2) is 8.40. The molecule has 132 valence electrons. The van der Waals surface area contributed by atoms with E-state index >= 15 is 0 Å². The van der Waals surface area contributed by atoms with Crippen molar-refractivity contribution in [2.24, 2.45) is 0 Å². The first-order valence-corrected chi connectivity index (χ1v) is 9.10. The average Bonchev–Trinajstić information content (AvgIpc) is 3.16. The van der Waals surface area contributed by atoms with Gasteiger partial charge in [0.15, 0.2) is 0 Å². The van der Waals surface area contributed by atoms with Gasteiger partial charge in [-0.2, -0.15) is 0 Å². The van der Waals surface area contributed by atoms with Crippen LogP contribution in [0.15, 0.2) is 60.1 Å². The highest BCUT2D eigenvalue weighted by molar-refractivity contribution is 7.13. The summed E-state index contributed by atoms with van der Waals surface area (Å²) in [5, 5.41) is 7.65. The number of anilines is 1. The highest BCUT2D eigenvalue weighted by Crippen LogP contribution is 2.23. The number of benzene rings is 1. The third-order valence-electron chi connectivity index (χ3n) is 3.73. The van der Waals surface area contributed by atoms with Gasteiger partial charge in [0, 0.05) is 25.4 Å². The van der Waals surface area contributed by atoms with E-state index in [2.05, 4.69) is 15.6 Å². The van der Waals surface area contributed by atoms with E-state index in [4.69, 9.17) is 0 Å². The molecular formula is C20H19N3O2S. The van der Waals surface area contributed by atoms with E-state index in [1.54, 1.807) is 29.7 Å². The van der Waals surface area contributed by atoms with Gasteiger partial charge in [-0.1, -0.05) is 18.2 Å². The van der Waals surface area contributed by atoms with Gasteiger partial charge in [0.1, 0.15) is 0 Å². The predicted molar refractivity (Wildman–Crippen MR) is 104 cm³/mol. The first-order chi connectivity index (χ1) is 12.6. The number of carbonyl (C=O) groups excluding carboxylic acids is 2. The van der Waals surface area contributed by atoms with E-state index in [-0.39, 0.29) is 11.8 Å². The van der Waals surface area contributed by atoms with Gasteiger partial charge in [-0.05, 0) is 46.8 Å². The number of nitrogens with one attached hydrogen (secondary N) is 2. The minimum Gasteiger partial charge on any atom is -0.352 e. The van der Waals surface area contributed by atoms with E-state index < -0.39 is 0 Å². The summed E-state index contributed by atoms with van der Waals surface area (Å²) in [4.78, 5) is 28.7. The van der Waals surface area contributed by atoms with Crippen LogP contribution in [0.5, 0.6) is 0 Å². The summed E-state index contributed by atoms with van der Waals surface area (Å²) in [6, 6.07) is 15.2. The van der Waals surface area contributed by atoms with Crippen LogP contribution in [0.25, 0.3) is 10.6 Å².